The van der Waals surface area contributed by atoms with Crippen LogP contribution in [0.1, 0.15) is 22.8 Å². The molecule has 2 aromatic carbocycles. The van der Waals surface area contributed by atoms with Crippen LogP contribution in [0, 0.1) is 3.57 Å². The van der Waals surface area contributed by atoms with Crippen LogP contribution in [0.25, 0.3) is 0 Å². The first-order chi connectivity index (χ1) is 9.11. The Morgan fingerprint density at radius 2 is 1.95 bits per heavy atom. The second-order valence-electron chi connectivity index (χ2n) is 3.92. The molecule has 0 amide bonds. The van der Waals surface area contributed by atoms with Gasteiger partial charge in [-0.25, -0.2) is 0 Å². The van der Waals surface area contributed by atoms with Gasteiger partial charge < -0.3 is 4.74 Å². The normalized spacial score (nSPS) is 10.3. The molecular formula is C15H12BrIO2. The van der Waals surface area contributed by atoms with Gasteiger partial charge in [-0.3, -0.25) is 4.79 Å². The van der Waals surface area contributed by atoms with Gasteiger partial charge in [0, 0.05) is 14.7 Å². The maximum absolute atomic E-state index is 12.4. The van der Waals surface area contributed by atoms with E-state index in [0.717, 1.165) is 13.8 Å². The Morgan fingerprint density at radius 3 is 2.58 bits per heavy atom. The lowest BCUT2D eigenvalue weighted by molar-refractivity contribution is 0.103. The lowest BCUT2D eigenvalue weighted by Gasteiger charge is -2.07. The molecule has 0 heterocycles. The number of rotatable bonds is 4. The quantitative estimate of drug-likeness (QED) is 0.519. The average molecular weight is 431 g/mol. The van der Waals surface area contributed by atoms with Crippen molar-refractivity contribution in [3.8, 4) is 5.75 Å². The molecule has 4 heteroatoms. The molecule has 0 unspecified atom stereocenters. The fourth-order valence-corrected chi connectivity index (χ4v) is 2.75. The lowest BCUT2D eigenvalue weighted by Crippen LogP contribution is -2.02. The maximum Gasteiger partial charge on any atom is 0.193 e. The summed E-state index contributed by atoms with van der Waals surface area (Å²) in [4.78, 5) is 12.4. The predicted octanol–water partition coefficient (Wildman–Crippen LogP) is 4.68. The molecule has 2 nitrogen and oxygen atoms in total. The Morgan fingerprint density at radius 1 is 1.21 bits per heavy atom. The molecule has 0 atom stereocenters. The number of carbonyl (C=O) groups excluding carboxylic acids is 1. The highest BCUT2D eigenvalue weighted by atomic mass is 127. The number of benzene rings is 2. The van der Waals surface area contributed by atoms with E-state index in [1.807, 2.05) is 37.3 Å². The molecule has 0 bridgehead atoms. The van der Waals surface area contributed by atoms with Crippen molar-refractivity contribution in [2.24, 2.45) is 0 Å². The number of halogens is 2. The van der Waals surface area contributed by atoms with E-state index in [2.05, 4.69) is 38.5 Å². The van der Waals surface area contributed by atoms with Crippen molar-refractivity contribution in [2.45, 2.75) is 6.92 Å². The highest BCUT2D eigenvalue weighted by molar-refractivity contribution is 14.1. The van der Waals surface area contributed by atoms with Crippen LogP contribution in [-0.4, -0.2) is 12.4 Å². The van der Waals surface area contributed by atoms with Gasteiger partial charge in [-0.1, -0.05) is 12.1 Å². The highest BCUT2D eigenvalue weighted by Crippen LogP contribution is 2.27. The molecule has 0 radical (unpaired) electrons. The fourth-order valence-electron chi connectivity index (χ4n) is 1.71. The molecule has 98 valence electrons. The van der Waals surface area contributed by atoms with Gasteiger partial charge >= 0.3 is 0 Å². The van der Waals surface area contributed by atoms with Crippen LogP contribution in [0.5, 0.6) is 5.75 Å². The summed E-state index contributed by atoms with van der Waals surface area (Å²) in [7, 11) is 0. The molecule has 0 fully saturated rings. The van der Waals surface area contributed by atoms with E-state index in [-0.39, 0.29) is 5.78 Å². The Balaban J connectivity index is 2.32. The summed E-state index contributed by atoms with van der Waals surface area (Å²) in [6.45, 7) is 2.53. The molecule has 0 N–H and O–H groups in total. The van der Waals surface area contributed by atoms with Crippen molar-refractivity contribution in [2.75, 3.05) is 6.61 Å². The second-order valence-corrected chi connectivity index (χ2v) is 6.02. The predicted molar refractivity (Wildman–Crippen MR) is 87.9 cm³/mol. The third-order valence-electron chi connectivity index (χ3n) is 2.58. The van der Waals surface area contributed by atoms with Gasteiger partial charge in [-0.05, 0) is 75.8 Å². The Labute approximate surface area is 134 Å². The summed E-state index contributed by atoms with van der Waals surface area (Å²) in [6, 6.07) is 13.0. The van der Waals surface area contributed by atoms with Crippen LogP contribution < -0.4 is 4.74 Å². The molecule has 2 aromatic rings. The number of ether oxygens (including phenoxy) is 1. The van der Waals surface area contributed by atoms with E-state index in [9.17, 15) is 4.79 Å². The smallest absolute Gasteiger partial charge is 0.193 e. The first-order valence-electron chi connectivity index (χ1n) is 5.84. The van der Waals surface area contributed by atoms with E-state index in [0.29, 0.717) is 17.7 Å². The van der Waals surface area contributed by atoms with Gasteiger partial charge in [-0.2, -0.15) is 0 Å². The molecule has 0 aliphatic rings. The third-order valence-corrected chi connectivity index (χ3v) is 3.87. The van der Waals surface area contributed by atoms with Gasteiger partial charge in [-0.15, -0.1) is 0 Å². The molecule has 19 heavy (non-hydrogen) atoms. The zero-order valence-corrected chi connectivity index (χ0v) is 14.1. The Hall–Kier alpha value is -0.880. The molecular weight excluding hydrogens is 419 g/mol. The summed E-state index contributed by atoms with van der Waals surface area (Å²) >= 11 is 5.62. The van der Waals surface area contributed by atoms with Gasteiger partial charge in [0.25, 0.3) is 0 Å². The monoisotopic (exact) mass is 430 g/mol. The van der Waals surface area contributed by atoms with E-state index in [1.54, 1.807) is 12.1 Å². The minimum atomic E-state index is 0.0160. The van der Waals surface area contributed by atoms with Crippen LogP contribution in [-0.2, 0) is 0 Å². The first kappa shape index (κ1) is 14.5. The summed E-state index contributed by atoms with van der Waals surface area (Å²) in [5.41, 5.74) is 1.35. The maximum atomic E-state index is 12.4. The Bertz CT molecular complexity index is 611. The summed E-state index contributed by atoms with van der Waals surface area (Å²) in [5, 5.41) is 0. The van der Waals surface area contributed by atoms with Crippen LogP contribution in [0.2, 0.25) is 0 Å². The van der Waals surface area contributed by atoms with Gasteiger partial charge in [0.15, 0.2) is 5.78 Å². The summed E-state index contributed by atoms with van der Waals surface area (Å²) < 4.78 is 7.28. The van der Waals surface area contributed by atoms with Gasteiger partial charge in [0.05, 0.1) is 11.1 Å². The fraction of sp³-hybridized carbons (Fsp3) is 0.133. The molecule has 0 aromatic heterocycles. The topological polar surface area (TPSA) is 26.3 Å². The Kier molecular flexibility index (Phi) is 4.99. The SMILES string of the molecule is CCOc1ccc(C(=O)c2cccc(I)c2)cc1Br. The van der Waals surface area contributed by atoms with Crippen molar-refractivity contribution >= 4 is 44.3 Å². The lowest BCUT2D eigenvalue weighted by atomic mass is 10.0. The highest BCUT2D eigenvalue weighted by Gasteiger charge is 2.11. The van der Waals surface area contributed by atoms with Crippen molar-refractivity contribution in [1.82, 2.24) is 0 Å². The molecule has 0 spiro atoms. The first-order valence-corrected chi connectivity index (χ1v) is 7.71. The van der Waals surface area contributed by atoms with E-state index in [4.69, 9.17) is 4.74 Å². The molecule has 0 aliphatic heterocycles. The minimum absolute atomic E-state index is 0.0160. The standard InChI is InChI=1S/C15H12BrIO2/c1-2-19-14-7-6-11(9-13(14)16)15(18)10-4-3-5-12(17)8-10/h3-9H,2H2,1H3. The number of carbonyl (C=O) groups is 1. The minimum Gasteiger partial charge on any atom is -0.493 e. The summed E-state index contributed by atoms with van der Waals surface area (Å²) in [5.74, 6) is 0.768. The number of ketones is 1. The van der Waals surface area contributed by atoms with E-state index >= 15 is 0 Å². The van der Waals surface area contributed by atoms with Gasteiger partial charge in [0.1, 0.15) is 5.75 Å². The van der Waals surface area contributed by atoms with Crippen LogP contribution in [0.15, 0.2) is 46.9 Å². The molecule has 2 rings (SSSR count). The number of hydrogen-bond acceptors (Lipinski definition) is 2. The molecule has 0 aliphatic carbocycles. The van der Waals surface area contributed by atoms with Crippen molar-refractivity contribution < 1.29 is 9.53 Å². The average Bonchev–Trinajstić information content (AvgIpc) is 2.40. The van der Waals surface area contributed by atoms with Crippen LogP contribution in [0.3, 0.4) is 0 Å². The number of hydrogen-bond donors (Lipinski definition) is 0. The zero-order chi connectivity index (χ0) is 13.8. The van der Waals surface area contributed by atoms with Crippen molar-refractivity contribution in [3.63, 3.8) is 0 Å². The zero-order valence-electron chi connectivity index (χ0n) is 10.3. The van der Waals surface area contributed by atoms with Gasteiger partial charge in [0.2, 0.25) is 0 Å². The second kappa shape index (κ2) is 6.52. The van der Waals surface area contributed by atoms with Crippen LogP contribution in [0.4, 0.5) is 0 Å². The summed E-state index contributed by atoms with van der Waals surface area (Å²) in [6.07, 6.45) is 0. The molecule has 0 saturated carbocycles. The van der Waals surface area contributed by atoms with E-state index in [1.165, 1.54) is 0 Å². The van der Waals surface area contributed by atoms with Crippen LogP contribution >= 0.6 is 38.5 Å². The van der Waals surface area contributed by atoms with Crippen molar-refractivity contribution in [3.05, 3.63) is 61.6 Å². The largest absolute Gasteiger partial charge is 0.493 e. The third kappa shape index (κ3) is 3.57. The van der Waals surface area contributed by atoms with Crippen molar-refractivity contribution in [1.29, 1.82) is 0 Å². The van der Waals surface area contributed by atoms with E-state index < -0.39 is 0 Å². The molecule has 0 saturated heterocycles.